The van der Waals surface area contributed by atoms with Crippen LogP contribution in [0.1, 0.15) is 11.3 Å². The number of rotatable bonds is 2. The van der Waals surface area contributed by atoms with Crippen LogP contribution in [0.3, 0.4) is 0 Å². The minimum atomic E-state index is -5.28. The predicted octanol–water partition coefficient (Wildman–Crippen LogP) is 3.22. The normalized spacial score (nSPS) is 12.4. The third kappa shape index (κ3) is 3.69. The lowest BCUT2D eigenvalue weighted by Gasteiger charge is -2.13. The van der Waals surface area contributed by atoms with Crippen molar-refractivity contribution in [2.75, 3.05) is 0 Å². The third-order valence-corrected chi connectivity index (χ3v) is 1.82. The first kappa shape index (κ1) is 15.0. The Morgan fingerprint density at radius 3 is 2.16 bits per heavy atom. The molecule has 0 aromatic carbocycles. The second-order valence-corrected chi connectivity index (χ2v) is 3.28. The monoisotopic (exact) mass is 290 g/mol. The molecule has 106 valence electrons. The van der Waals surface area contributed by atoms with E-state index in [2.05, 4.69) is 9.72 Å². The number of alkyl halides is 6. The number of hydrogen-bond acceptors (Lipinski definition) is 4. The van der Waals surface area contributed by atoms with E-state index in [0.717, 1.165) is 6.92 Å². The van der Waals surface area contributed by atoms with Gasteiger partial charge in [0.1, 0.15) is 0 Å². The van der Waals surface area contributed by atoms with E-state index in [1.165, 1.54) is 0 Å². The van der Waals surface area contributed by atoms with E-state index in [-0.39, 0.29) is 0 Å². The van der Waals surface area contributed by atoms with Gasteiger partial charge in [0.05, 0.1) is 4.92 Å². The fourth-order valence-electron chi connectivity index (χ4n) is 1.14. The number of nitro groups is 1. The maximum absolute atomic E-state index is 12.4. The fraction of sp³-hybridized carbons (Fsp3) is 0.375. The molecule has 19 heavy (non-hydrogen) atoms. The third-order valence-electron chi connectivity index (χ3n) is 1.82. The van der Waals surface area contributed by atoms with Crippen LogP contribution in [0.5, 0.6) is 5.88 Å². The van der Waals surface area contributed by atoms with Gasteiger partial charge < -0.3 is 4.74 Å². The van der Waals surface area contributed by atoms with Gasteiger partial charge in [0.2, 0.25) is 11.6 Å². The first-order chi connectivity index (χ1) is 8.42. The largest absolute Gasteiger partial charge is 0.574 e. The second-order valence-electron chi connectivity index (χ2n) is 3.28. The highest BCUT2D eigenvalue weighted by Crippen LogP contribution is 2.38. The van der Waals surface area contributed by atoms with Gasteiger partial charge in [-0.15, -0.1) is 13.2 Å². The molecule has 11 heteroatoms. The Kier molecular flexibility index (Phi) is 3.59. The van der Waals surface area contributed by atoms with Crippen molar-refractivity contribution in [3.63, 3.8) is 0 Å². The lowest BCUT2D eigenvalue weighted by Crippen LogP contribution is -2.20. The molecule has 5 nitrogen and oxygen atoms in total. The molecule has 1 aromatic rings. The highest BCUT2D eigenvalue weighted by atomic mass is 19.4. The van der Waals surface area contributed by atoms with Crippen LogP contribution in [0.15, 0.2) is 6.07 Å². The van der Waals surface area contributed by atoms with Crippen LogP contribution in [-0.4, -0.2) is 16.3 Å². The standard InChI is InChI=1S/C8H4F6N2O3/c1-3-2-4(16(17)18)5(7(9,10)11)15-6(3)19-8(12,13)14/h2H,1H3. The summed E-state index contributed by atoms with van der Waals surface area (Å²) >= 11 is 0. The molecule has 1 heterocycles. The van der Waals surface area contributed by atoms with E-state index in [0.29, 0.717) is 6.07 Å². The van der Waals surface area contributed by atoms with Gasteiger partial charge in [-0.3, -0.25) is 10.1 Å². The van der Waals surface area contributed by atoms with E-state index >= 15 is 0 Å². The minimum Gasteiger partial charge on any atom is -0.388 e. The summed E-state index contributed by atoms with van der Waals surface area (Å²) in [5, 5.41) is 10.4. The molecule has 0 bridgehead atoms. The Morgan fingerprint density at radius 1 is 1.26 bits per heavy atom. The highest BCUT2D eigenvalue weighted by Gasteiger charge is 2.42. The zero-order valence-corrected chi connectivity index (χ0v) is 8.96. The number of pyridine rings is 1. The molecule has 0 unspecified atom stereocenters. The van der Waals surface area contributed by atoms with Gasteiger partial charge in [0, 0.05) is 11.6 Å². The van der Waals surface area contributed by atoms with Crippen molar-refractivity contribution in [1.29, 1.82) is 0 Å². The van der Waals surface area contributed by atoms with Gasteiger partial charge in [-0.1, -0.05) is 0 Å². The Hall–Kier alpha value is -2.07. The van der Waals surface area contributed by atoms with E-state index in [1.807, 2.05) is 0 Å². The summed E-state index contributed by atoms with van der Waals surface area (Å²) in [7, 11) is 0. The van der Waals surface area contributed by atoms with Crippen molar-refractivity contribution in [2.45, 2.75) is 19.5 Å². The molecule has 0 radical (unpaired) electrons. The summed E-state index contributed by atoms with van der Waals surface area (Å²) in [6.07, 6.45) is -10.5. The van der Waals surface area contributed by atoms with Gasteiger partial charge in [0.25, 0.3) is 0 Å². The van der Waals surface area contributed by atoms with Crippen LogP contribution in [-0.2, 0) is 6.18 Å². The predicted molar refractivity (Wildman–Crippen MR) is 47.3 cm³/mol. The zero-order valence-electron chi connectivity index (χ0n) is 8.96. The van der Waals surface area contributed by atoms with Crippen molar-refractivity contribution in [3.8, 4) is 5.88 Å². The number of nitrogens with zero attached hydrogens (tertiary/aromatic N) is 2. The van der Waals surface area contributed by atoms with Crippen molar-refractivity contribution in [3.05, 3.63) is 27.4 Å². The van der Waals surface area contributed by atoms with Gasteiger partial charge in [0.15, 0.2) is 0 Å². The summed E-state index contributed by atoms with van der Waals surface area (Å²) < 4.78 is 76.4. The van der Waals surface area contributed by atoms with Gasteiger partial charge in [-0.05, 0) is 6.92 Å². The topological polar surface area (TPSA) is 65.3 Å². The summed E-state index contributed by atoms with van der Waals surface area (Å²) in [6.45, 7) is 0.904. The number of ether oxygens (including phenoxy) is 1. The summed E-state index contributed by atoms with van der Waals surface area (Å²) in [4.78, 5) is 11.6. The van der Waals surface area contributed by atoms with E-state index < -0.39 is 40.3 Å². The zero-order chi connectivity index (χ0) is 15.0. The Morgan fingerprint density at radius 2 is 1.79 bits per heavy atom. The fourth-order valence-corrected chi connectivity index (χ4v) is 1.14. The molecule has 0 N–H and O–H groups in total. The van der Waals surface area contributed by atoms with Crippen LogP contribution < -0.4 is 4.74 Å². The molecule has 0 aliphatic carbocycles. The molecule has 0 fully saturated rings. The van der Waals surface area contributed by atoms with Crippen LogP contribution in [0, 0.1) is 17.0 Å². The summed E-state index contributed by atoms with van der Waals surface area (Å²) in [5.74, 6) is -1.38. The van der Waals surface area contributed by atoms with E-state index in [1.54, 1.807) is 0 Å². The van der Waals surface area contributed by atoms with E-state index in [4.69, 9.17) is 0 Å². The molecular weight excluding hydrogens is 286 g/mol. The number of aromatic nitrogens is 1. The first-order valence-electron chi connectivity index (χ1n) is 4.41. The highest BCUT2D eigenvalue weighted by molar-refractivity contribution is 5.44. The van der Waals surface area contributed by atoms with E-state index in [9.17, 15) is 36.5 Å². The van der Waals surface area contributed by atoms with Gasteiger partial charge in [-0.25, -0.2) is 4.98 Å². The molecule has 0 aliphatic heterocycles. The molecule has 0 spiro atoms. The van der Waals surface area contributed by atoms with Gasteiger partial charge >= 0.3 is 18.2 Å². The minimum absolute atomic E-state index is 0.316. The molecule has 0 amide bonds. The molecule has 0 atom stereocenters. The molecule has 0 aliphatic rings. The maximum atomic E-state index is 12.4. The Balaban J connectivity index is 3.43. The lowest BCUT2D eigenvalue weighted by atomic mass is 10.2. The lowest BCUT2D eigenvalue weighted by molar-refractivity contribution is -0.388. The van der Waals surface area contributed by atoms with Crippen molar-refractivity contribution >= 4 is 5.69 Å². The van der Waals surface area contributed by atoms with Crippen LogP contribution in [0.4, 0.5) is 32.0 Å². The number of halogens is 6. The molecule has 0 saturated heterocycles. The van der Waals surface area contributed by atoms with Crippen LogP contribution in [0.25, 0.3) is 0 Å². The maximum Gasteiger partial charge on any atom is 0.574 e. The van der Waals surface area contributed by atoms with Crippen molar-refractivity contribution in [1.82, 2.24) is 4.98 Å². The van der Waals surface area contributed by atoms with Gasteiger partial charge in [-0.2, -0.15) is 13.2 Å². The first-order valence-corrected chi connectivity index (χ1v) is 4.41. The SMILES string of the molecule is Cc1cc([N+](=O)[O-])c(C(F)(F)F)nc1OC(F)(F)F. The molecule has 1 aromatic heterocycles. The quantitative estimate of drug-likeness (QED) is 0.476. The average Bonchev–Trinajstić information content (AvgIpc) is 2.16. The molecular formula is C8H4F6N2O3. The molecule has 0 saturated carbocycles. The Bertz CT molecular complexity index is 510. The van der Waals surface area contributed by atoms with Crippen LogP contribution >= 0.6 is 0 Å². The van der Waals surface area contributed by atoms with Crippen LogP contribution in [0.2, 0.25) is 0 Å². The number of aryl methyl sites for hydroxylation is 1. The number of hydrogen-bond donors (Lipinski definition) is 0. The summed E-state index contributed by atoms with van der Waals surface area (Å²) in [5.41, 5.74) is -4.04. The van der Waals surface area contributed by atoms with Crippen molar-refractivity contribution < 1.29 is 36.0 Å². The molecule has 1 rings (SSSR count). The van der Waals surface area contributed by atoms with Crippen molar-refractivity contribution in [2.24, 2.45) is 0 Å². The average molecular weight is 290 g/mol. The smallest absolute Gasteiger partial charge is 0.388 e. The summed E-state index contributed by atoms with van der Waals surface area (Å²) in [6, 6.07) is 0.316. The Labute approximate surface area is 101 Å². The second kappa shape index (κ2) is 4.55.